The molecule has 112 valence electrons. The van der Waals surface area contributed by atoms with Gasteiger partial charge in [0.25, 0.3) is 0 Å². The van der Waals surface area contributed by atoms with Crippen LogP contribution in [0.1, 0.15) is 47.5 Å². The van der Waals surface area contributed by atoms with Crippen LogP contribution in [0.3, 0.4) is 0 Å². The van der Waals surface area contributed by atoms with Crippen molar-refractivity contribution in [1.29, 1.82) is 0 Å². The Hall–Kier alpha value is -0.650. The first-order valence-corrected chi connectivity index (χ1v) is 6.75. The van der Waals surface area contributed by atoms with Gasteiger partial charge in [-0.15, -0.1) is 0 Å². The summed E-state index contributed by atoms with van der Waals surface area (Å²) in [7, 11) is 0. The van der Waals surface area contributed by atoms with E-state index >= 15 is 0 Å². The highest BCUT2D eigenvalue weighted by molar-refractivity contribution is 5.72. The SMILES string of the molecule is CC(C)(C)OCC(C)(C)OCC1CCC(C(=O)O)O1. The second kappa shape index (κ2) is 6.20. The van der Waals surface area contributed by atoms with E-state index in [1.807, 2.05) is 34.6 Å². The van der Waals surface area contributed by atoms with Crippen molar-refractivity contribution in [1.82, 2.24) is 0 Å². The topological polar surface area (TPSA) is 65.0 Å². The molecule has 5 nitrogen and oxygen atoms in total. The maximum Gasteiger partial charge on any atom is 0.332 e. The fraction of sp³-hybridized carbons (Fsp3) is 0.929. The van der Waals surface area contributed by atoms with E-state index in [1.54, 1.807) is 0 Å². The van der Waals surface area contributed by atoms with Crippen LogP contribution in [-0.4, -0.2) is 47.7 Å². The number of hydrogen-bond acceptors (Lipinski definition) is 4. The standard InChI is InChI=1S/C14H26O5/c1-13(2,3)18-9-14(4,5)17-8-10-6-7-11(19-10)12(15)16/h10-11H,6-9H2,1-5H3,(H,15,16). The lowest BCUT2D eigenvalue weighted by atomic mass is 10.1. The summed E-state index contributed by atoms with van der Waals surface area (Å²) in [6.07, 6.45) is 0.479. The lowest BCUT2D eigenvalue weighted by Crippen LogP contribution is -2.37. The molecule has 1 aliphatic rings. The smallest absolute Gasteiger partial charge is 0.332 e. The fourth-order valence-corrected chi connectivity index (χ4v) is 1.76. The first kappa shape index (κ1) is 16.4. The average Bonchev–Trinajstić information content (AvgIpc) is 2.72. The summed E-state index contributed by atoms with van der Waals surface area (Å²) in [5.41, 5.74) is -0.600. The summed E-state index contributed by atoms with van der Waals surface area (Å²) >= 11 is 0. The number of hydrogen-bond donors (Lipinski definition) is 1. The molecule has 2 atom stereocenters. The van der Waals surface area contributed by atoms with E-state index in [1.165, 1.54) is 0 Å². The zero-order chi connectivity index (χ0) is 14.7. The first-order chi connectivity index (χ1) is 8.59. The Morgan fingerprint density at radius 1 is 1.21 bits per heavy atom. The Balaban J connectivity index is 2.30. The largest absolute Gasteiger partial charge is 0.479 e. The summed E-state index contributed by atoms with van der Waals surface area (Å²) in [5.74, 6) is -0.891. The summed E-state index contributed by atoms with van der Waals surface area (Å²) in [6.45, 7) is 10.8. The second-order valence-electron chi connectivity index (χ2n) is 6.63. The Bertz CT molecular complexity index is 305. The van der Waals surface area contributed by atoms with Gasteiger partial charge in [0.05, 0.1) is 30.5 Å². The molecular formula is C14H26O5. The van der Waals surface area contributed by atoms with Gasteiger partial charge in [0.2, 0.25) is 0 Å². The van der Waals surface area contributed by atoms with Gasteiger partial charge in [-0.05, 0) is 47.5 Å². The maximum atomic E-state index is 10.8. The van der Waals surface area contributed by atoms with Crippen molar-refractivity contribution in [2.24, 2.45) is 0 Å². The average molecular weight is 274 g/mol. The molecule has 5 heteroatoms. The van der Waals surface area contributed by atoms with Crippen LogP contribution in [-0.2, 0) is 19.0 Å². The summed E-state index contributed by atoms with van der Waals surface area (Å²) < 4.78 is 16.9. The van der Waals surface area contributed by atoms with Crippen LogP contribution in [0.15, 0.2) is 0 Å². The van der Waals surface area contributed by atoms with Crippen molar-refractivity contribution in [3.63, 3.8) is 0 Å². The number of aliphatic carboxylic acids is 1. The van der Waals surface area contributed by atoms with E-state index in [-0.39, 0.29) is 11.7 Å². The predicted octanol–water partition coefficient (Wildman–Crippen LogP) is 2.23. The molecule has 0 radical (unpaired) electrons. The van der Waals surface area contributed by atoms with Gasteiger partial charge in [0, 0.05) is 0 Å². The highest BCUT2D eigenvalue weighted by Crippen LogP contribution is 2.22. The van der Waals surface area contributed by atoms with Gasteiger partial charge in [-0.2, -0.15) is 0 Å². The first-order valence-electron chi connectivity index (χ1n) is 6.75. The molecule has 1 saturated heterocycles. The third kappa shape index (κ3) is 6.36. The minimum absolute atomic E-state index is 0.130. The van der Waals surface area contributed by atoms with Crippen LogP contribution in [0.4, 0.5) is 0 Å². The summed E-state index contributed by atoms with van der Waals surface area (Å²) in [4.78, 5) is 10.8. The molecule has 1 heterocycles. The van der Waals surface area contributed by atoms with Crippen molar-refractivity contribution >= 4 is 5.97 Å². The van der Waals surface area contributed by atoms with Crippen LogP contribution in [0.5, 0.6) is 0 Å². The van der Waals surface area contributed by atoms with Crippen molar-refractivity contribution in [3.05, 3.63) is 0 Å². The quantitative estimate of drug-likeness (QED) is 0.804. The minimum atomic E-state index is -0.891. The summed E-state index contributed by atoms with van der Waals surface area (Å²) in [5, 5.41) is 8.85. The molecule has 1 rings (SSSR count). The molecule has 0 amide bonds. The van der Waals surface area contributed by atoms with Crippen LogP contribution >= 0.6 is 0 Å². The van der Waals surface area contributed by atoms with E-state index in [0.29, 0.717) is 19.6 Å². The molecule has 2 unspecified atom stereocenters. The van der Waals surface area contributed by atoms with Gasteiger partial charge >= 0.3 is 5.97 Å². The van der Waals surface area contributed by atoms with Crippen LogP contribution in [0, 0.1) is 0 Å². The zero-order valence-corrected chi connectivity index (χ0v) is 12.6. The van der Waals surface area contributed by atoms with Crippen LogP contribution in [0.25, 0.3) is 0 Å². The molecule has 0 aromatic heterocycles. The number of carboxylic acids is 1. The molecule has 0 aliphatic carbocycles. The number of carboxylic acid groups (broad SMARTS) is 1. The van der Waals surface area contributed by atoms with Crippen molar-refractivity contribution in [2.75, 3.05) is 13.2 Å². The Kier molecular flexibility index (Phi) is 5.35. The molecule has 0 saturated carbocycles. The Labute approximate surface area is 115 Å². The molecule has 19 heavy (non-hydrogen) atoms. The van der Waals surface area contributed by atoms with Crippen LogP contribution in [0.2, 0.25) is 0 Å². The van der Waals surface area contributed by atoms with Crippen molar-refractivity contribution < 1.29 is 24.1 Å². The third-order valence-corrected chi connectivity index (χ3v) is 2.90. The Morgan fingerprint density at radius 2 is 1.84 bits per heavy atom. The van der Waals surface area contributed by atoms with Gasteiger partial charge in [0.1, 0.15) is 0 Å². The normalized spacial score (nSPS) is 24.7. The molecule has 0 spiro atoms. The lowest BCUT2D eigenvalue weighted by Gasteiger charge is -2.30. The minimum Gasteiger partial charge on any atom is -0.479 e. The predicted molar refractivity (Wildman–Crippen MR) is 71.3 cm³/mol. The maximum absolute atomic E-state index is 10.8. The monoisotopic (exact) mass is 274 g/mol. The van der Waals surface area contributed by atoms with Gasteiger partial charge in [-0.1, -0.05) is 0 Å². The van der Waals surface area contributed by atoms with Gasteiger partial charge in [0.15, 0.2) is 6.10 Å². The van der Waals surface area contributed by atoms with E-state index in [2.05, 4.69) is 0 Å². The molecule has 1 N–H and O–H groups in total. The van der Waals surface area contributed by atoms with Gasteiger partial charge < -0.3 is 19.3 Å². The molecular weight excluding hydrogens is 248 g/mol. The molecule has 1 aliphatic heterocycles. The number of ether oxygens (including phenoxy) is 3. The highest BCUT2D eigenvalue weighted by Gasteiger charge is 2.32. The summed E-state index contributed by atoms with van der Waals surface area (Å²) in [6, 6.07) is 0. The Morgan fingerprint density at radius 3 is 2.32 bits per heavy atom. The van der Waals surface area contributed by atoms with Gasteiger partial charge in [-0.25, -0.2) is 4.79 Å². The van der Waals surface area contributed by atoms with E-state index in [9.17, 15) is 4.79 Å². The lowest BCUT2D eigenvalue weighted by molar-refractivity contribution is -0.156. The van der Waals surface area contributed by atoms with Crippen molar-refractivity contribution in [2.45, 2.75) is 70.9 Å². The fourth-order valence-electron chi connectivity index (χ4n) is 1.76. The van der Waals surface area contributed by atoms with Crippen molar-refractivity contribution in [3.8, 4) is 0 Å². The van der Waals surface area contributed by atoms with Crippen LogP contribution < -0.4 is 0 Å². The molecule has 1 fully saturated rings. The number of rotatable bonds is 6. The van der Waals surface area contributed by atoms with E-state index in [0.717, 1.165) is 6.42 Å². The zero-order valence-electron chi connectivity index (χ0n) is 12.6. The molecule has 0 aromatic carbocycles. The number of carbonyl (C=O) groups is 1. The van der Waals surface area contributed by atoms with E-state index < -0.39 is 17.7 Å². The highest BCUT2D eigenvalue weighted by atomic mass is 16.6. The third-order valence-electron chi connectivity index (χ3n) is 2.90. The molecule has 0 bridgehead atoms. The van der Waals surface area contributed by atoms with E-state index in [4.69, 9.17) is 19.3 Å². The van der Waals surface area contributed by atoms with Gasteiger partial charge in [-0.3, -0.25) is 0 Å². The second-order valence-corrected chi connectivity index (χ2v) is 6.63. The molecule has 0 aromatic rings.